The number of oxime groups is 1. The number of nitrogens with two attached hydrogens (primary N) is 1. The molecule has 4 nitrogen and oxygen atoms in total. The van der Waals surface area contributed by atoms with Crippen LogP contribution in [-0.4, -0.2) is 23.8 Å². The molecular formula is C12H18F3N3OS. The Labute approximate surface area is 119 Å². The van der Waals surface area contributed by atoms with E-state index in [0.29, 0.717) is 0 Å². The molecule has 0 amide bonds. The minimum Gasteiger partial charge on any atom is -0.409 e. The minimum absolute atomic E-state index is 0.156. The summed E-state index contributed by atoms with van der Waals surface area (Å²) in [5.74, 6) is -2.82. The summed E-state index contributed by atoms with van der Waals surface area (Å²) in [7, 11) is 0. The molecule has 1 aromatic rings. The van der Waals surface area contributed by atoms with Crippen LogP contribution in [0.2, 0.25) is 0 Å². The zero-order valence-corrected chi connectivity index (χ0v) is 11.8. The summed E-state index contributed by atoms with van der Waals surface area (Å²) in [4.78, 5) is 0.979. The topological polar surface area (TPSA) is 70.6 Å². The summed E-state index contributed by atoms with van der Waals surface area (Å²) >= 11 is 1.49. The minimum atomic E-state index is -4.55. The molecule has 0 saturated heterocycles. The highest BCUT2D eigenvalue weighted by Crippen LogP contribution is 2.28. The van der Waals surface area contributed by atoms with Gasteiger partial charge in [0.15, 0.2) is 5.84 Å². The van der Waals surface area contributed by atoms with Crippen LogP contribution in [0.4, 0.5) is 13.2 Å². The van der Waals surface area contributed by atoms with Crippen molar-refractivity contribution in [3.05, 3.63) is 22.4 Å². The fraction of sp³-hybridized carbons (Fsp3) is 0.583. The van der Waals surface area contributed by atoms with Crippen molar-refractivity contribution in [2.24, 2.45) is 16.8 Å². The highest BCUT2D eigenvalue weighted by atomic mass is 32.1. The Morgan fingerprint density at radius 1 is 1.55 bits per heavy atom. The van der Waals surface area contributed by atoms with E-state index in [1.165, 1.54) is 11.3 Å². The maximum absolute atomic E-state index is 12.8. The number of hydrogen-bond donors (Lipinski definition) is 3. The predicted octanol–water partition coefficient (Wildman–Crippen LogP) is 3.10. The Bertz CT molecular complexity index is 420. The van der Waals surface area contributed by atoms with E-state index in [4.69, 9.17) is 10.9 Å². The Morgan fingerprint density at radius 3 is 2.70 bits per heavy atom. The summed E-state index contributed by atoms with van der Waals surface area (Å²) in [5.41, 5.74) is 5.12. The van der Waals surface area contributed by atoms with E-state index >= 15 is 0 Å². The first kappa shape index (κ1) is 16.8. The molecule has 114 valence electrons. The molecule has 20 heavy (non-hydrogen) atoms. The molecule has 2 unspecified atom stereocenters. The lowest BCUT2D eigenvalue weighted by Crippen LogP contribution is -2.43. The lowest BCUT2D eigenvalue weighted by molar-refractivity contribution is -0.155. The van der Waals surface area contributed by atoms with Crippen LogP contribution in [0.5, 0.6) is 0 Å². The van der Waals surface area contributed by atoms with E-state index in [1.807, 2.05) is 24.4 Å². The maximum Gasteiger partial charge on any atom is 0.400 e. The number of alkyl halides is 3. The van der Waals surface area contributed by atoms with Gasteiger partial charge >= 0.3 is 6.18 Å². The van der Waals surface area contributed by atoms with Crippen LogP contribution in [-0.2, 0) is 0 Å². The van der Waals surface area contributed by atoms with Crippen LogP contribution >= 0.6 is 11.3 Å². The van der Waals surface area contributed by atoms with Crippen molar-refractivity contribution in [3.63, 3.8) is 0 Å². The normalized spacial score (nSPS) is 16.1. The van der Waals surface area contributed by atoms with Crippen molar-refractivity contribution < 1.29 is 18.4 Å². The SMILES string of the molecule is CCCC(NCC(/C(N)=N/O)C(F)(F)F)c1cccs1. The van der Waals surface area contributed by atoms with E-state index in [2.05, 4.69) is 10.5 Å². The smallest absolute Gasteiger partial charge is 0.400 e. The molecule has 0 spiro atoms. The molecule has 0 radical (unpaired) electrons. The number of hydrogen-bond acceptors (Lipinski definition) is 4. The lowest BCUT2D eigenvalue weighted by Gasteiger charge is -2.23. The molecule has 0 bridgehead atoms. The van der Waals surface area contributed by atoms with E-state index in [-0.39, 0.29) is 6.04 Å². The molecule has 1 rings (SSSR count). The van der Waals surface area contributed by atoms with Crippen LogP contribution in [0.3, 0.4) is 0 Å². The molecule has 0 fully saturated rings. The molecule has 2 atom stereocenters. The van der Waals surface area contributed by atoms with Gasteiger partial charge in [-0.3, -0.25) is 0 Å². The van der Waals surface area contributed by atoms with Crippen molar-refractivity contribution >= 4 is 17.2 Å². The molecule has 0 saturated carbocycles. The number of halogens is 3. The number of rotatable bonds is 7. The number of amidine groups is 1. The van der Waals surface area contributed by atoms with Crippen LogP contribution in [0.1, 0.15) is 30.7 Å². The van der Waals surface area contributed by atoms with Gasteiger partial charge < -0.3 is 16.3 Å². The van der Waals surface area contributed by atoms with Gasteiger partial charge in [0.2, 0.25) is 0 Å². The summed E-state index contributed by atoms with van der Waals surface area (Å²) in [6, 6.07) is 3.58. The molecule has 8 heteroatoms. The largest absolute Gasteiger partial charge is 0.409 e. The third-order valence-corrected chi connectivity index (χ3v) is 3.89. The van der Waals surface area contributed by atoms with Gasteiger partial charge in [-0.1, -0.05) is 24.6 Å². The predicted molar refractivity (Wildman–Crippen MR) is 72.9 cm³/mol. The molecule has 0 aliphatic rings. The molecule has 1 aromatic heterocycles. The second-order valence-electron chi connectivity index (χ2n) is 4.38. The van der Waals surface area contributed by atoms with E-state index in [9.17, 15) is 13.2 Å². The summed E-state index contributed by atoms with van der Waals surface area (Å²) in [6.07, 6.45) is -2.98. The first-order valence-corrected chi connectivity index (χ1v) is 7.09. The lowest BCUT2D eigenvalue weighted by atomic mass is 10.1. The van der Waals surface area contributed by atoms with Gasteiger partial charge in [-0.15, -0.1) is 11.3 Å². The van der Waals surface area contributed by atoms with Crippen molar-refractivity contribution in [1.29, 1.82) is 0 Å². The van der Waals surface area contributed by atoms with E-state index in [0.717, 1.165) is 17.7 Å². The zero-order valence-electron chi connectivity index (χ0n) is 11.0. The van der Waals surface area contributed by atoms with Crippen molar-refractivity contribution in [1.82, 2.24) is 5.32 Å². The van der Waals surface area contributed by atoms with Gasteiger partial charge in [0.1, 0.15) is 5.92 Å². The Hall–Kier alpha value is -1.28. The molecule has 0 aliphatic heterocycles. The van der Waals surface area contributed by atoms with E-state index < -0.39 is 24.5 Å². The van der Waals surface area contributed by atoms with Gasteiger partial charge in [0.25, 0.3) is 0 Å². The average molecular weight is 309 g/mol. The Morgan fingerprint density at radius 2 is 2.25 bits per heavy atom. The molecule has 0 aromatic carbocycles. The van der Waals surface area contributed by atoms with Crippen LogP contribution in [0.15, 0.2) is 22.7 Å². The van der Waals surface area contributed by atoms with Crippen LogP contribution < -0.4 is 11.1 Å². The van der Waals surface area contributed by atoms with Crippen molar-refractivity contribution in [2.75, 3.05) is 6.54 Å². The zero-order chi connectivity index (χ0) is 15.2. The number of nitrogens with zero attached hydrogens (tertiary/aromatic N) is 1. The summed E-state index contributed by atoms with van der Waals surface area (Å²) in [5, 5.41) is 15.7. The fourth-order valence-electron chi connectivity index (χ4n) is 1.84. The van der Waals surface area contributed by atoms with Crippen molar-refractivity contribution in [3.8, 4) is 0 Å². The van der Waals surface area contributed by atoms with Crippen molar-refractivity contribution in [2.45, 2.75) is 32.0 Å². The quantitative estimate of drug-likeness (QED) is 0.314. The highest BCUT2D eigenvalue weighted by Gasteiger charge is 2.42. The molecule has 1 heterocycles. The number of nitrogens with one attached hydrogen (secondary N) is 1. The molecular weight excluding hydrogens is 291 g/mol. The Balaban J connectivity index is 2.74. The first-order valence-electron chi connectivity index (χ1n) is 6.21. The van der Waals surface area contributed by atoms with Gasteiger partial charge in [0, 0.05) is 17.5 Å². The second-order valence-corrected chi connectivity index (χ2v) is 5.36. The monoisotopic (exact) mass is 309 g/mol. The van der Waals surface area contributed by atoms with Gasteiger partial charge in [-0.25, -0.2) is 0 Å². The average Bonchev–Trinajstić information content (AvgIpc) is 2.89. The van der Waals surface area contributed by atoms with Gasteiger partial charge in [0.05, 0.1) is 0 Å². The third kappa shape index (κ3) is 4.68. The van der Waals surface area contributed by atoms with E-state index in [1.54, 1.807) is 0 Å². The molecule has 4 N–H and O–H groups in total. The fourth-order valence-corrected chi connectivity index (χ4v) is 2.68. The highest BCUT2D eigenvalue weighted by molar-refractivity contribution is 7.10. The van der Waals surface area contributed by atoms with Gasteiger partial charge in [-0.2, -0.15) is 13.2 Å². The first-order chi connectivity index (χ1) is 9.40. The second kappa shape index (κ2) is 7.49. The number of thiophene rings is 1. The van der Waals surface area contributed by atoms with Crippen LogP contribution in [0, 0.1) is 5.92 Å². The molecule has 0 aliphatic carbocycles. The summed E-state index contributed by atoms with van der Waals surface area (Å²) in [6.45, 7) is 1.55. The van der Waals surface area contributed by atoms with Gasteiger partial charge in [-0.05, 0) is 17.9 Å². The standard InChI is InChI=1S/C12H18F3N3OS/c1-2-4-9(10-5-3-6-20-10)17-7-8(11(16)18-19)12(13,14)15/h3,5-6,8-9,17,19H,2,4,7H2,1H3,(H2,16,18). The Kier molecular flexibility index (Phi) is 6.28. The summed E-state index contributed by atoms with van der Waals surface area (Å²) < 4.78 is 38.5. The maximum atomic E-state index is 12.8. The van der Waals surface area contributed by atoms with Crippen LogP contribution in [0.25, 0.3) is 0 Å². The third-order valence-electron chi connectivity index (χ3n) is 2.90.